The van der Waals surface area contributed by atoms with Crippen LogP contribution in [0, 0.1) is 0 Å². The molecule has 0 unspecified atom stereocenters. The molecule has 126 valence electrons. The maximum absolute atomic E-state index is 12.9. The lowest BCUT2D eigenvalue weighted by molar-refractivity contribution is -0.127. The third kappa shape index (κ3) is 3.36. The summed E-state index contributed by atoms with van der Waals surface area (Å²) in [5.74, 6) is 0.565. The summed E-state index contributed by atoms with van der Waals surface area (Å²) in [7, 11) is 0. The van der Waals surface area contributed by atoms with Crippen molar-refractivity contribution in [2.45, 2.75) is 43.7 Å². The molecule has 2 fully saturated rings. The van der Waals surface area contributed by atoms with Gasteiger partial charge in [0.05, 0.1) is 0 Å². The maximum Gasteiger partial charge on any atom is 0.242 e. The molecule has 2 N–H and O–H groups in total. The van der Waals surface area contributed by atoms with Gasteiger partial charge in [0.2, 0.25) is 5.91 Å². The zero-order chi connectivity index (χ0) is 16.4. The number of hydrogen-bond acceptors (Lipinski definition) is 3. The fourth-order valence-corrected chi connectivity index (χ4v) is 3.66. The minimum atomic E-state index is -0.197. The number of rotatable bonds is 5. The van der Waals surface area contributed by atoms with Crippen LogP contribution in [0.5, 0.6) is 0 Å². The Morgan fingerprint density at radius 3 is 2.75 bits per heavy atom. The van der Waals surface area contributed by atoms with E-state index < -0.39 is 0 Å². The fourth-order valence-electron chi connectivity index (χ4n) is 3.66. The van der Waals surface area contributed by atoms with E-state index in [1.807, 2.05) is 24.4 Å². The van der Waals surface area contributed by atoms with Gasteiger partial charge in [0.15, 0.2) is 0 Å². The van der Waals surface area contributed by atoms with E-state index in [1.165, 1.54) is 5.69 Å². The number of nitrogens with one attached hydrogen (secondary N) is 2. The zero-order valence-electron chi connectivity index (χ0n) is 13.8. The van der Waals surface area contributed by atoms with Gasteiger partial charge in [-0.3, -0.25) is 14.8 Å². The van der Waals surface area contributed by atoms with E-state index in [0.717, 1.165) is 44.3 Å². The van der Waals surface area contributed by atoms with Crippen LogP contribution in [0.25, 0.3) is 0 Å². The molecule has 5 heteroatoms. The van der Waals surface area contributed by atoms with E-state index in [-0.39, 0.29) is 11.9 Å². The van der Waals surface area contributed by atoms with Crippen molar-refractivity contribution >= 4 is 5.91 Å². The number of aromatic amines is 1. The summed E-state index contributed by atoms with van der Waals surface area (Å²) < 4.78 is 0. The molecule has 1 aromatic heterocycles. The molecule has 0 radical (unpaired) electrons. The highest BCUT2D eigenvalue weighted by molar-refractivity contribution is 5.83. The first-order valence-corrected chi connectivity index (χ1v) is 8.90. The average Bonchev–Trinajstić information content (AvgIpc) is 3.25. The number of amides is 1. The number of aromatic nitrogens is 2. The second-order valence-electron chi connectivity index (χ2n) is 6.94. The molecule has 1 amide bonds. The van der Waals surface area contributed by atoms with Crippen molar-refractivity contribution in [1.82, 2.24) is 20.4 Å². The first kappa shape index (κ1) is 15.4. The molecule has 2 aliphatic rings. The quantitative estimate of drug-likeness (QED) is 0.889. The van der Waals surface area contributed by atoms with Gasteiger partial charge >= 0.3 is 0 Å². The SMILES string of the molecule is O=C(NC1CC1)[C@H](c1ccccc1)N1CCC[C@H](c2ccn[nH]2)C1. The maximum atomic E-state index is 12.9. The smallest absolute Gasteiger partial charge is 0.242 e. The molecular formula is C19H24N4O. The molecule has 2 heterocycles. The van der Waals surface area contributed by atoms with Crippen molar-refractivity contribution in [2.75, 3.05) is 13.1 Å². The molecule has 1 saturated carbocycles. The van der Waals surface area contributed by atoms with Crippen LogP contribution in [0.1, 0.15) is 48.9 Å². The predicted octanol–water partition coefficient (Wildman–Crippen LogP) is 2.61. The highest BCUT2D eigenvalue weighted by Crippen LogP contribution is 2.32. The summed E-state index contributed by atoms with van der Waals surface area (Å²) in [5, 5.41) is 10.4. The van der Waals surface area contributed by atoms with Gasteiger partial charge in [0, 0.05) is 30.4 Å². The Bertz CT molecular complexity index is 666. The number of likely N-dealkylation sites (tertiary alicyclic amines) is 1. The summed E-state index contributed by atoms with van der Waals surface area (Å²) in [5.41, 5.74) is 2.26. The lowest BCUT2D eigenvalue weighted by Crippen LogP contribution is -2.45. The molecule has 1 aliphatic heterocycles. The van der Waals surface area contributed by atoms with Crippen LogP contribution in [0.15, 0.2) is 42.6 Å². The monoisotopic (exact) mass is 324 g/mol. The highest BCUT2D eigenvalue weighted by Gasteiger charge is 2.35. The fraction of sp³-hybridized carbons (Fsp3) is 0.474. The predicted molar refractivity (Wildman–Crippen MR) is 92.5 cm³/mol. The summed E-state index contributed by atoms with van der Waals surface area (Å²) >= 11 is 0. The van der Waals surface area contributed by atoms with E-state index in [1.54, 1.807) is 0 Å². The van der Waals surface area contributed by atoms with Gasteiger partial charge < -0.3 is 5.32 Å². The summed E-state index contributed by atoms with van der Waals surface area (Å²) in [4.78, 5) is 15.2. The molecule has 0 bridgehead atoms. The van der Waals surface area contributed by atoms with Gasteiger partial charge in [-0.2, -0.15) is 5.10 Å². The van der Waals surface area contributed by atoms with Crippen molar-refractivity contribution < 1.29 is 4.79 Å². The van der Waals surface area contributed by atoms with E-state index >= 15 is 0 Å². The first-order valence-electron chi connectivity index (χ1n) is 8.90. The molecule has 1 aliphatic carbocycles. The van der Waals surface area contributed by atoms with E-state index in [4.69, 9.17) is 0 Å². The second kappa shape index (κ2) is 6.77. The molecule has 2 aromatic rings. The van der Waals surface area contributed by atoms with Crippen molar-refractivity contribution in [1.29, 1.82) is 0 Å². The van der Waals surface area contributed by atoms with E-state index in [9.17, 15) is 4.79 Å². The Morgan fingerprint density at radius 1 is 1.21 bits per heavy atom. The van der Waals surface area contributed by atoms with Crippen molar-refractivity contribution in [2.24, 2.45) is 0 Å². The Balaban J connectivity index is 1.56. The zero-order valence-corrected chi connectivity index (χ0v) is 13.8. The van der Waals surface area contributed by atoms with Gasteiger partial charge in [0.25, 0.3) is 0 Å². The van der Waals surface area contributed by atoms with Crippen LogP contribution in [0.4, 0.5) is 0 Å². The van der Waals surface area contributed by atoms with Crippen LogP contribution in [-0.4, -0.2) is 40.1 Å². The molecule has 1 saturated heterocycles. The Kier molecular flexibility index (Phi) is 4.34. The molecule has 1 aromatic carbocycles. The minimum Gasteiger partial charge on any atom is -0.352 e. The van der Waals surface area contributed by atoms with Gasteiger partial charge in [0.1, 0.15) is 6.04 Å². The molecule has 5 nitrogen and oxygen atoms in total. The third-order valence-corrected chi connectivity index (χ3v) is 5.07. The summed E-state index contributed by atoms with van der Waals surface area (Å²) in [6, 6.07) is 12.4. The number of carbonyl (C=O) groups excluding carboxylic acids is 1. The molecule has 24 heavy (non-hydrogen) atoms. The largest absolute Gasteiger partial charge is 0.352 e. The van der Waals surface area contributed by atoms with Gasteiger partial charge in [-0.05, 0) is 43.9 Å². The number of benzene rings is 1. The molecule has 0 spiro atoms. The van der Waals surface area contributed by atoms with Crippen LogP contribution in [0.2, 0.25) is 0 Å². The Morgan fingerprint density at radius 2 is 2.04 bits per heavy atom. The lowest BCUT2D eigenvalue weighted by atomic mass is 9.92. The topological polar surface area (TPSA) is 61.0 Å². The average molecular weight is 324 g/mol. The van der Waals surface area contributed by atoms with Gasteiger partial charge in [-0.25, -0.2) is 0 Å². The van der Waals surface area contributed by atoms with Crippen molar-refractivity contribution in [3.63, 3.8) is 0 Å². The first-order chi connectivity index (χ1) is 11.8. The van der Waals surface area contributed by atoms with Crippen LogP contribution < -0.4 is 5.32 Å². The Hall–Kier alpha value is -2.14. The number of piperidine rings is 1. The number of H-pyrrole nitrogens is 1. The van der Waals surface area contributed by atoms with E-state index in [2.05, 4.69) is 38.6 Å². The van der Waals surface area contributed by atoms with Crippen LogP contribution in [0.3, 0.4) is 0 Å². The van der Waals surface area contributed by atoms with Crippen molar-refractivity contribution in [3.05, 3.63) is 53.9 Å². The normalized spacial score (nSPS) is 22.9. The number of carbonyl (C=O) groups is 1. The van der Waals surface area contributed by atoms with Crippen LogP contribution >= 0.6 is 0 Å². The highest BCUT2D eigenvalue weighted by atomic mass is 16.2. The van der Waals surface area contributed by atoms with Crippen LogP contribution in [-0.2, 0) is 4.79 Å². The minimum absolute atomic E-state index is 0.147. The Labute approximate surface area is 142 Å². The standard InChI is InChI=1S/C19H24N4O/c24-19(21-16-8-9-16)18(14-5-2-1-3-6-14)23-12-4-7-15(13-23)17-10-11-20-22-17/h1-3,5-6,10-11,15-16,18H,4,7-9,12-13H2,(H,20,22)(H,21,24)/t15-,18-/m0/s1. The lowest BCUT2D eigenvalue weighted by Gasteiger charge is -2.37. The molecule has 4 rings (SSSR count). The van der Waals surface area contributed by atoms with E-state index in [0.29, 0.717) is 12.0 Å². The number of hydrogen-bond donors (Lipinski definition) is 2. The summed E-state index contributed by atoms with van der Waals surface area (Å²) in [6.45, 7) is 1.85. The van der Waals surface area contributed by atoms with Gasteiger partial charge in [-0.1, -0.05) is 30.3 Å². The van der Waals surface area contributed by atoms with Gasteiger partial charge in [-0.15, -0.1) is 0 Å². The van der Waals surface area contributed by atoms with Crippen molar-refractivity contribution in [3.8, 4) is 0 Å². The summed E-state index contributed by atoms with van der Waals surface area (Å²) in [6.07, 6.45) is 6.28. The molecular weight excluding hydrogens is 300 g/mol. The second-order valence-corrected chi connectivity index (χ2v) is 6.94. The third-order valence-electron chi connectivity index (χ3n) is 5.07. The number of nitrogens with zero attached hydrogens (tertiary/aromatic N) is 2. The molecule has 2 atom stereocenters.